The first-order valence-corrected chi connectivity index (χ1v) is 9.70. The maximum Gasteiger partial charge on any atom is 0.293 e. The summed E-state index contributed by atoms with van der Waals surface area (Å²) in [5.74, 6) is 0.397. The first-order chi connectivity index (χ1) is 12.1. The normalized spacial score (nSPS) is 12.2. The Morgan fingerprint density at radius 3 is 2.15 bits per heavy atom. The van der Waals surface area contributed by atoms with Crippen molar-refractivity contribution in [3.63, 3.8) is 0 Å². The van der Waals surface area contributed by atoms with Gasteiger partial charge in [-0.2, -0.15) is 0 Å². The van der Waals surface area contributed by atoms with Crippen LogP contribution in [0, 0.1) is 5.41 Å². The SMILES string of the molecule is CC(C)(C)CCCCc1ccc(O)c(CCCCC(C)(C)OC=O)c1O. The molecule has 0 unspecified atom stereocenters. The summed E-state index contributed by atoms with van der Waals surface area (Å²) < 4.78 is 5.05. The van der Waals surface area contributed by atoms with E-state index < -0.39 is 5.60 Å². The molecule has 4 heteroatoms. The van der Waals surface area contributed by atoms with Gasteiger partial charge in [0.1, 0.15) is 17.1 Å². The van der Waals surface area contributed by atoms with Gasteiger partial charge in [0.2, 0.25) is 0 Å². The molecule has 0 heterocycles. The Bertz CT molecular complexity index is 570. The van der Waals surface area contributed by atoms with Gasteiger partial charge in [0.25, 0.3) is 6.47 Å². The standard InChI is InChI=1S/C22H36O4/c1-21(2,3)14-8-6-10-17-12-13-19(24)18(20(17)25)11-7-9-15-22(4,5)26-16-23/h12-13,16,24-25H,6-11,14-15H2,1-5H3. The van der Waals surface area contributed by atoms with Crippen molar-refractivity contribution in [2.75, 3.05) is 0 Å². The average Bonchev–Trinajstić information content (AvgIpc) is 2.51. The van der Waals surface area contributed by atoms with Crippen LogP contribution in [0.1, 0.15) is 84.3 Å². The molecular weight excluding hydrogens is 328 g/mol. The van der Waals surface area contributed by atoms with Crippen LogP contribution in [0.15, 0.2) is 12.1 Å². The van der Waals surface area contributed by atoms with E-state index in [1.54, 1.807) is 6.07 Å². The second kappa shape index (κ2) is 9.84. The lowest BCUT2D eigenvalue weighted by atomic mass is 9.89. The van der Waals surface area contributed by atoms with Gasteiger partial charge in [0.15, 0.2) is 0 Å². The second-order valence-corrected chi connectivity index (χ2v) is 9.02. The Morgan fingerprint density at radius 1 is 0.923 bits per heavy atom. The molecule has 148 valence electrons. The summed E-state index contributed by atoms with van der Waals surface area (Å²) in [6.07, 6.45) is 7.20. The Kier molecular flexibility index (Phi) is 8.45. The fourth-order valence-corrected chi connectivity index (χ4v) is 3.13. The number of phenols is 2. The van der Waals surface area contributed by atoms with Gasteiger partial charge in [-0.1, -0.05) is 33.3 Å². The smallest absolute Gasteiger partial charge is 0.293 e. The molecule has 0 aliphatic heterocycles. The third kappa shape index (κ3) is 8.11. The molecule has 0 fully saturated rings. The number of unbranched alkanes of at least 4 members (excludes halogenated alkanes) is 2. The van der Waals surface area contributed by atoms with Crippen molar-refractivity contribution >= 4 is 6.47 Å². The lowest BCUT2D eigenvalue weighted by molar-refractivity contribution is -0.140. The van der Waals surface area contributed by atoms with Gasteiger partial charge in [0.05, 0.1) is 0 Å². The largest absolute Gasteiger partial charge is 0.508 e. The van der Waals surface area contributed by atoms with Crippen molar-refractivity contribution in [2.45, 2.75) is 91.6 Å². The molecule has 2 N–H and O–H groups in total. The molecule has 0 radical (unpaired) electrons. The van der Waals surface area contributed by atoms with Crippen molar-refractivity contribution in [2.24, 2.45) is 5.41 Å². The third-order valence-electron chi connectivity index (χ3n) is 4.79. The highest BCUT2D eigenvalue weighted by atomic mass is 16.5. The third-order valence-corrected chi connectivity index (χ3v) is 4.79. The van der Waals surface area contributed by atoms with Crippen LogP contribution in [0.3, 0.4) is 0 Å². The summed E-state index contributed by atoms with van der Waals surface area (Å²) in [4.78, 5) is 10.5. The van der Waals surface area contributed by atoms with Gasteiger partial charge in [-0.05, 0) is 75.8 Å². The zero-order valence-electron chi connectivity index (χ0n) is 17.1. The van der Waals surface area contributed by atoms with Crippen molar-refractivity contribution in [1.29, 1.82) is 0 Å². The predicted octanol–water partition coefficient (Wildman–Crippen LogP) is 5.52. The van der Waals surface area contributed by atoms with E-state index in [1.165, 1.54) is 0 Å². The van der Waals surface area contributed by atoms with Crippen LogP contribution in [-0.4, -0.2) is 22.3 Å². The minimum Gasteiger partial charge on any atom is -0.508 e. The molecule has 0 aromatic heterocycles. The van der Waals surface area contributed by atoms with Crippen LogP contribution in [0.5, 0.6) is 11.5 Å². The van der Waals surface area contributed by atoms with Crippen molar-refractivity contribution in [3.8, 4) is 11.5 Å². The van der Waals surface area contributed by atoms with Crippen LogP contribution >= 0.6 is 0 Å². The second-order valence-electron chi connectivity index (χ2n) is 9.02. The molecule has 0 bridgehead atoms. The number of benzene rings is 1. The molecule has 0 atom stereocenters. The number of aryl methyl sites for hydroxylation is 1. The molecule has 4 nitrogen and oxygen atoms in total. The molecular formula is C22H36O4. The maximum atomic E-state index is 10.5. The quantitative estimate of drug-likeness (QED) is 0.401. The average molecular weight is 365 g/mol. The van der Waals surface area contributed by atoms with E-state index in [1.807, 2.05) is 19.9 Å². The van der Waals surface area contributed by atoms with E-state index in [0.717, 1.165) is 50.5 Å². The topological polar surface area (TPSA) is 66.8 Å². The number of carbonyl (C=O) groups excluding carboxylic acids is 1. The number of ether oxygens (including phenoxy) is 1. The van der Waals surface area contributed by atoms with Crippen LogP contribution in [0.4, 0.5) is 0 Å². The van der Waals surface area contributed by atoms with E-state index in [9.17, 15) is 15.0 Å². The fraction of sp³-hybridized carbons (Fsp3) is 0.682. The number of phenolic OH excluding ortho intramolecular Hbond substituents is 2. The number of carbonyl (C=O) groups is 1. The summed E-state index contributed by atoms with van der Waals surface area (Å²) in [6.45, 7) is 11.0. The Hall–Kier alpha value is -1.71. The number of hydrogen-bond donors (Lipinski definition) is 2. The van der Waals surface area contributed by atoms with Gasteiger partial charge < -0.3 is 14.9 Å². The number of hydrogen-bond acceptors (Lipinski definition) is 4. The zero-order valence-corrected chi connectivity index (χ0v) is 17.1. The molecule has 0 spiro atoms. The monoisotopic (exact) mass is 364 g/mol. The van der Waals surface area contributed by atoms with Crippen LogP contribution in [0.2, 0.25) is 0 Å². The molecule has 0 saturated carbocycles. The molecule has 0 aliphatic rings. The molecule has 26 heavy (non-hydrogen) atoms. The Morgan fingerprint density at radius 2 is 1.54 bits per heavy atom. The van der Waals surface area contributed by atoms with Gasteiger partial charge in [0, 0.05) is 5.56 Å². The molecule has 1 aromatic rings. The minimum atomic E-state index is -0.471. The first kappa shape index (κ1) is 22.3. The van der Waals surface area contributed by atoms with Crippen molar-refractivity contribution < 1.29 is 19.7 Å². The molecule has 0 aliphatic carbocycles. The summed E-state index contributed by atoms with van der Waals surface area (Å²) in [6, 6.07) is 3.51. The molecule has 1 rings (SSSR count). The highest BCUT2D eigenvalue weighted by molar-refractivity contribution is 5.48. The summed E-state index contributed by atoms with van der Waals surface area (Å²) in [5, 5.41) is 20.6. The van der Waals surface area contributed by atoms with E-state index >= 15 is 0 Å². The van der Waals surface area contributed by atoms with Gasteiger partial charge >= 0.3 is 0 Å². The van der Waals surface area contributed by atoms with Gasteiger partial charge in [-0.15, -0.1) is 0 Å². The lowest BCUT2D eigenvalue weighted by Gasteiger charge is -2.22. The summed E-state index contributed by atoms with van der Waals surface area (Å²) in [7, 11) is 0. The summed E-state index contributed by atoms with van der Waals surface area (Å²) >= 11 is 0. The number of rotatable bonds is 11. The van der Waals surface area contributed by atoms with Crippen molar-refractivity contribution in [1.82, 2.24) is 0 Å². The maximum absolute atomic E-state index is 10.5. The zero-order chi connectivity index (χ0) is 19.8. The fourth-order valence-electron chi connectivity index (χ4n) is 3.13. The lowest BCUT2D eigenvalue weighted by Crippen LogP contribution is -2.23. The van der Waals surface area contributed by atoms with Gasteiger partial charge in [-0.25, -0.2) is 0 Å². The van der Waals surface area contributed by atoms with E-state index in [4.69, 9.17) is 4.74 Å². The van der Waals surface area contributed by atoms with Crippen LogP contribution in [0.25, 0.3) is 0 Å². The predicted molar refractivity (Wildman–Crippen MR) is 106 cm³/mol. The molecule has 0 saturated heterocycles. The van der Waals surface area contributed by atoms with E-state index in [0.29, 0.717) is 23.9 Å². The first-order valence-electron chi connectivity index (χ1n) is 9.70. The minimum absolute atomic E-state index is 0.157. The Balaban J connectivity index is 2.56. The Labute approximate surface area is 158 Å². The molecule has 1 aromatic carbocycles. The van der Waals surface area contributed by atoms with Crippen LogP contribution < -0.4 is 0 Å². The number of aromatic hydroxyl groups is 2. The summed E-state index contributed by atoms with van der Waals surface area (Å²) in [5.41, 5.74) is 1.41. The highest BCUT2D eigenvalue weighted by Crippen LogP contribution is 2.33. The van der Waals surface area contributed by atoms with Crippen molar-refractivity contribution in [3.05, 3.63) is 23.3 Å². The van der Waals surface area contributed by atoms with E-state index in [-0.39, 0.29) is 11.5 Å². The van der Waals surface area contributed by atoms with E-state index in [2.05, 4.69) is 20.8 Å². The highest BCUT2D eigenvalue weighted by Gasteiger charge is 2.18. The van der Waals surface area contributed by atoms with Crippen LogP contribution in [-0.2, 0) is 22.4 Å². The van der Waals surface area contributed by atoms with Gasteiger partial charge in [-0.3, -0.25) is 4.79 Å². The molecule has 0 amide bonds.